The lowest BCUT2D eigenvalue weighted by Gasteiger charge is -2.38. The minimum Gasteiger partial charge on any atom is -0.353 e. The van der Waals surface area contributed by atoms with Gasteiger partial charge in [0.1, 0.15) is 0 Å². The highest BCUT2D eigenvalue weighted by Gasteiger charge is 2.33. The molecule has 2 aromatic rings. The number of aromatic nitrogens is 2. The van der Waals surface area contributed by atoms with E-state index in [-0.39, 0.29) is 23.8 Å². The van der Waals surface area contributed by atoms with Crippen molar-refractivity contribution < 1.29 is 9.59 Å². The molecule has 1 aliphatic carbocycles. The SMILES string of the molecule is C[C@@H](NC(=O)c1ccc(NC(=O)C2CN(c3cccnn3)C2)cc1)C1CC1. The van der Waals surface area contributed by atoms with Gasteiger partial charge in [-0.2, -0.15) is 5.10 Å². The van der Waals surface area contributed by atoms with Crippen molar-refractivity contribution in [2.24, 2.45) is 11.8 Å². The zero-order valence-corrected chi connectivity index (χ0v) is 15.3. The zero-order chi connectivity index (χ0) is 18.8. The number of rotatable bonds is 6. The van der Waals surface area contributed by atoms with Gasteiger partial charge in [-0.25, -0.2) is 0 Å². The lowest BCUT2D eigenvalue weighted by Crippen LogP contribution is -2.52. The highest BCUT2D eigenvalue weighted by atomic mass is 16.2. The van der Waals surface area contributed by atoms with Crippen molar-refractivity contribution in [2.45, 2.75) is 25.8 Å². The normalized spacial score (nSPS) is 17.7. The minimum absolute atomic E-state index is 0.0188. The Labute approximate surface area is 158 Å². The molecule has 0 radical (unpaired) electrons. The van der Waals surface area contributed by atoms with E-state index in [1.54, 1.807) is 30.5 Å². The van der Waals surface area contributed by atoms with Gasteiger partial charge in [0.15, 0.2) is 5.82 Å². The molecule has 1 aliphatic heterocycles. The van der Waals surface area contributed by atoms with Gasteiger partial charge in [0.25, 0.3) is 5.91 Å². The fourth-order valence-electron chi connectivity index (χ4n) is 3.25. The number of hydrogen-bond acceptors (Lipinski definition) is 5. The van der Waals surface area contributed by atoms with E-state index in [1.807, 2.05) is 24.0 Å². The summed E-state index contributed by atoms with van der Waals surface area (Å²) in [7, 11) is 0. The summed E-state index contributed by atoms with van der Waals surface area (Å²) in [6.45, 7) is 3.31. The van der Waals surface area contributed by atoms with Crippen molar-refractivity contribution in [3.63, 3.8) is 0 Å². The molecular weight excluding hydrogens is 342 g/mol. The van der Waals surface area contributed by atoms with E-state index in [0.29, 0.717) is 30.3 Å². The maximum absolute atomic E-state index is 12.4. The molecule has 2 aliphatic rings. The first kappa shape index (κ1) is 17.5. The number of hydrogen-bond donors (Lipinski definition) is 2. The molecule has 7 heteroatoms. The molecule has 140 valence electrons. The predicted molar refractivity (Wildman–Crippen MR) is 102 cm³/mol. The van der Waals surface area contributed by atoms with Crippen LogP contribution in [0.25, 0.3) is 0 Å². The van der Waals surface area contributed by atoms with Gasteiger partial charge in [-0.05, 0) is 62.1 Å². The van der Waals surface area contributed by atoms with Crippen LogP contribution in [0.2, 0.25) is 0 Å². The third-order valence-corrected chi connectivity index (χ3v) is 5.24. The first-order chi connectivity index (χ1) is 13.1. The fraction of sp³-hybridized carbons (Fsp3) is 0.400. The maximum atomic E-state index is 12.4. The van der Waals surface area contributed by atoms with E-state index in [4.69, 9.17) is 0 Å². The van der Waals surface area contributed by atoms with Crippen molar-refractivity contribution in [1.29, 1.82) is 0 Å². The topological polar surface area (TPSA) is 87.2 Å². The van der Waals surface area contributed by atoms with Crippen LogP contribution in [0, 0.1) is 11.8 Å². The summed E-state index contributed by atoms with van der Waals surface area (Å²) in [4.78, 5) is 26.6. The lowest BCUT2D eigenvalue weighted by atomic mass is 9.99. The number of amides is 2. The number of anilines is 2. The number of nitrogens with zero attached hydrogens (tertiary/aromatic N) is 3. The average molecular weight is 365 g/mol. The molecule has 0 bridgehead atoms. The Morgan fingerprint density at radius 3 is 2.52 bits per heavy atom. The number of nitrogens with one attached hydrogen (secondary N) is 2. The van der Waals surface area contributed by atoms with Gasteiger partial charge in [0.2, 0.25) is 5.91 Å². The summed E-state index contributed by atoms with van der Waals surface area (Å²) < 4.78 is 0. The average Bonchev–Trinajstić information content (AvgIpc) is 3.47. The van der Waals surface area contributed by atoms with E-state index >= 15 is 0 Å². The molecule has 0 unspecified atom stereocenters. The van der Waals surface area contributed by atoms with Crippen molar-refractivity contribution in [3.8, 4) is 0 Å². The molecule has 2 N–H and O–H groups in total. The quantitative estimate of drug-likeness (QED) is 0.818. The Morgan fingerprint density at radius 1 is 1.15 bits per heavy atom. The molecule has 1 aromatic carbocycles. The van der Waals surface area contributed by atoms with Gasteiger partial charge in [-0.1, -0.05) is 0 Å². The van der Waals surface area contributed by atoms with Crippen molar-refractivity contribution in [2.75, 3.05) is 23.3 Å². The summed E-state index contributed by atoms with van der Waals surface area (Å²) >= 11 is 0. The smallest absolute Gasteiger partial charge is 0.251 e. The highest BCUT2D eigenvalue weighted by molar-refractivity contribution is 5.97. The summed E-state index contributed by atoms with van der Waals surface area (Å²) in [6, 6.07) is 11.0. The molecule has 4 rings (SSSR count). The Morgan fingerprint density at radius 2 is 1.89 bits per heavy atom. The predicted octanol–water partition coefficient (Wildman–Crippen LogP) is 2.08. The van der Waals surface area contributed by atoms with E-state index in [2.05, 4.69) is 20.8 Å². The van der Waals surface area contributed by atoms with E-state index in [1.165, 1.54) is 12.8 Å². The van der Waals surface area contributed by atoms with Crippen LogP contribution in [0.5, 0.6) is 0 Å². The van der Waals surface area contributed by atoms with Gasteiger partial charge >= 0.3 is 0 Å². The van der Waals surface area contributed by atoms with E-state index in [9.17, 15) is 9.59 Å². The monoisotopic (exact) mass is 365 g/mol. The molecule has 2 amide bonds. The van der Waals surface area contributed by atoms with Crippen LogP contribution < -0.4 is 15.5 Å². The van der Waals surface area contributed by atoms with Crippen molar-refractivity contribution in [1.82, 2.24) is 15.5 Å². The standard InChI is InChI=1S/C20H23N5O2/c1-13(14-4-5-14)22-19(26)15-6-8-17(9-7-15)23-20(27)16-11-25(12-16)18-3-2-10-21-24-18/h2-3,6-10,13-14,16H,4-5,11-12H2,1H3,(H,22,26)(H,23,27)/t13-/m1/s1. The molecule has 7 nitrogen and oxygen atoms in total. The molecule has 0 spiro atoms. The molecule has 1 aromatic heterocycles. The first-order valence-corrected chi connectivity index (χ1v) is 9.34. The second-order valence-corrected chi connectivity index (χ2v) is 7.35. The van der Waals surface area contributed by atoms with Gasteiger partial charge in [-0.15, -0.1) is 5.10 Å². The largest absolute Gasteiger partial charge is 0.353 e. The molecular formula is C20H23N5O2. The lowest BCUT2D eigenvalue weighted by molar-refractivity contribution is -0.120. The third kappa shape index (κ3) is 4.07. The number of carbonyl (C=O) groups is 2. The van der Waals surface area contributed by atoms with E-state index in [0.717, 1.165) is 5.82 Å². The molecule has 1 saturated carbocycles. The third-order valence-electron chi connectivity index (χ3n) is 5.24. The first-order valence-electron chi connectivity index (χ1n) is 9.34. The summed E-state index contributed by atoms with van der Waals surface area (Å²) in [5, 5.41) is 13.8. The van der Waals surface area contributed by atoms with Crippen molar-refractivity contribution in [3.05, 3.63) is 48.2 Å². The zero-order valence-electron chi connectivity index (χ0n) is 15.3. The summed E-state index contributed by atoms with van der Waals surface area (Å²) in [6.07, 6.45) is 4.02. The van der Waals surface area contributed by atoms with Gasteiger partial charge in [0.05, 0.1) is 5.92 Å². The molecule has 1 atom stereocenters. The number of carbonyl (C=O) groups excluding carboxylic acids is 2. The Bertz CT molecular complexity index is 814. The van der Waals surface area contributed by atoms with Crippen LogP contribution in [0.15, 0.2) is 42.6 Å². The van der Waals surface area contributed by atoms with Crippen LogP contribution in [-0.2, 0) is 4.79 Å². The molecule has 2 heterocycles. The van der Waals surface area contributed by atoms with Crippen LogP contribution in [-0.4, -0.2) is 41.1 Å². The Hall–Kier alpha value is -2.96. The Kier molecular flexibility index (Phi) is 4.75. The van der Waals surface area contributed by atoms with Crippen LogP contribution in [0.3, 0.4) is 0 Å². The molecule has 27 heavy (non-hydrogen) atoms. The Balaban J connectivity index is 1.27. The van der Waals surface area contributed by atoms with Crippen LogP contribution in [0.4, 0.5) is 11.5 Å². The summed E-state index contributed by atoms with van der Waals surface area (Å²) in [5.74, 6) is 1.25. The van der Waals surface area contributed by atoms with Crippen LogP contribution >= 0.6 is 0 Å². The van der Waals surface area contributed by atoms with Crippen molar-refractivity contribution >= 4 is 23.3 Å². The van der Waals surface area contributed by atoms with Crippen LogP contribution in [0.1, 0.15) is 30.1 Å². The summed E-state index contributed by atoms with van der Waals surface area (Å²) in [5.41, 5.74) is 1.31. The maximum Gasteiger partial charge on any atom is 0.251 e. The number of benzene rings is 1. The molecule has 2 fully saturated rings. The second kappa shape index (κ2) is 7.34. The van der Waals surface area contributed by atoms with E-state index < -0.39 is 0 Å². The highest BCUT2D eigenvalue weighted by Crippen LogP contribution is 2.32. The minimum atomic E-state index is -0.0747. The fourth-order valence-corrected chi connectivity index (χ4v) is 3.25. The van der Waals surface area contributed by atoms with Gasteiger partial charge in [-0.3, -0.25) is 9.59 Å². The van der Waals surface area contributed by atoms with Gasteiger partial charge < -0.3 is 15.5 Å². The second-order valence-electron chi connectivity index (χ2n) is 7.35. The van der Waals surface area contributed by atoms with Gasteiger partial charge in [0, 0.05) is 36.6 Å². The molecule has 1 saturated heterocycles.